The molecule has 0 spiro atoms. The molecule has 0 amide bonds. The maximum Gasteiger partial charge on any atom is 0.339 e. The molecule has 0 aromatic heterocycles. The van der Waals surface area contributed by atoms with Crippen molar-refractivity contribution in [2.45, 2.75) is 411 Å². The molecule has 0 aliphatic carbocycles. The third-order valence-corrected chi connectivity index (χ3v) is 19.4. The number of nitro groups is 2. The molecule has 0 saturated carbocycles. The second-order valence-electron chi connectivity index (χ2n) is 32.8. The van der Waals surface area contributed by atoms with Gasteiger partial charge in [0, 0.05) is 57.1 Å². The van der Waals surface area contributed by atoms with Crippen molar-refractivity contribution in [2.24, 2.45) is 11.1 Å². The molecule has 4 aromatic rings. The summed E-state index contributed by atoms with van der Waals surface area (Å²) in [6.07, 6.45) is 49.5. The van der Waals surface area contributed by atoms with Gasteiger partial charge in [0.1, 0.15) is 34.2 Å². The molecule has 0 fully saturated rings. The highest BCUT2D eigenvalue weighted by Gasteiger charge is 2.25. The lowest BCUT2D eigenvalue weighted by Crippen LogP contribution is -2.29. The highest BCUT2D eigenvalue weighted by Crippen LogP contribution is 2.33. The van der Waals surface area contributed by atoms with Gasteiger partial charge in [-0.1, -0.05) is 292 Å². The van der Waals surface area contributed by atoms with Crippen molar-refractivity contribution in [3.63, 3.8) is 0 Å². The number of nitrogens with two attached hydrogens (primary N) is 1. The van der Waals surface area contributed by atoms with E-state index in [1.165, 1.54) is 210 Å². The van der Waals surface area contributed by atoms with E-state index < -0.39 is 133 Å². The zero-order valence-electron chi connectivity index (χ0n) is 84.2. The molecule has 1 unspecified atom stereocenters. The summed E-state index contributed by atoms with van der Waals surface area (Å²) in [6.45, 7) is 25.2. The van der Waals surface area contributed by atoms with E-state index in [4.69, 9.17) is 82.3 Å². The van der Waals surface area contributed by atoms with Crippen LogP contribution in [-0.4, -0.2) is 180 Å². The van der Waals surface area contributed by atoms with Crippen molar-refractivity contribution in [1.29, 1.82) is 0 Å². The number of aryl methyl sites for hydroxylation is 2. The number of carboxylic acids is 13. The average Bonchev–Trinajstić information content (AvgIpc) is 0.826. The first-order valence-corrected chi connectivity index (χ1v) is 48.1. The lowest BCUT2D eigenvalue weighted by molar-refractivity contribution is -0.386. The fourth-order valence-corrected chi connectivity index (χ4v) is 10.8. The normalized spacial score (nSPS) is 10.0. The number of phenols is 4. The van der Waals surface area contributed by atoms with Crippen molar-refractivity contribution in [3.8, 4) is 23.0 Å². The Kier molecular flexibility index (Phi) is 104. The third kappa shape index (κ3) is 104. The molecule has 0 saturated heterocycles. The van der Waals surface area contributed by atoms with E-state index in [2.05, 4.69) is 41.5 Å². The summed E-state index contributed by atoms with van der Waals surface area (Å²) in [5.74, 6) is -13.1. The number of carbonyl (C=O) groups is 13. The highest BCUT2D eigenvalue weighted by atomic mass is 16.6. The quantitative estimate of drug-likeness (QED) is 0.0111. The average molecular weight is 1970 g/mol. The molecule has 19 N–H and O–H groups in total. The molecule has 4 rings (SSSR count). The molecule has 1 atom stereocenters. The largest absolute Gasteiger partial charge is 0.508 e. The summed E-state index contributed by atoms with van der Waals surface area (Å²) in [4.78, 5) is 151. The van der Waals surface area contributed by atoms with Crippen molar-refractivity contribution >= 4 is 89.0 Å². The highest BCUT2D eigenvalue weighted by molar-refractivity contribution is 5.94. The Labute approximate surface area is 815 Å². The number of phenolic OH excluding ortho intramolecular Hbond substituents is 1. The van der Waals surface area contributed by atoms with Gasteiger partial charge in [-0.2, -0.15) is 0 Å². The standard InChI is InChI=1S/C13H26O2.C11H22O2.C10H20O2.2C8H7NO5.C8H16O2.2C7H6O3.C7H14O2.2C6H12O2.C5H11NO2.C5H10O2/c1-2-3-4-5-6-7-8-9-10-11-12-13(14)15;1-2-3-4-5-6-7-8-9-10-11(12)13;1-2-3-4-5-6-7-8-9-10(11)12;2*1-4-2-5(8(11)12)7(10)6(3-4)9(13)14;1-2-3-4-5-6-7-8(9)10;8-6-3-1-2-5(4-6)7(9)10;8-6-4-2-1-3-5(6)7(9)10;1-2-3-4-5-6-7(8)9;1-4-6(2,3)5(7)8;1-2-3-4-5-6(7)8;1-2-3-4(6)5(7)8;1-2-3-4-5(6)7/h2-12H2,1H3,(H,14,15);2-10H2,1H3,(H,12,13);2-9H2,1H3,(H,11,12);2*2-3,10H,1H3,(H,11,12);2-7H2,1H3,(H,9,10);2*1-4,8H,(H,9,10);2-6H2,1H3,(H,8,9);4H2,1-3H3,(H,7,8);2-5H2,1H3,(H,7,8);4H,2-3,6H2,1H3,(H,7,8);2-4H2,1H3,(H,6,7). The van der Waals surface area contributed by atoms with Crippen molar-refractivity contribution in [1.82, 2.24) is 0 Å². The SMILES string of the molecule is CCC(C)(C)C(=O)O.CCCC(N)C(=O)O.CCCCC(=O)O.CCCCCC(=O)O.CCCCCCC(=O)O.CCCCCCCC(=O)O.CCCCCCCCCC(=O)O.CCCCCCCCCCC(=O)O.CCCCCCCCCCCCC(=O)O.Cc1cc(C(=O)O)c(O)c([N+](=O)[O-])c1.Cc1cc(C(=O)O)c(O)c([N+](=O)[O-])c1.O=C(O)c1cccc(O)c1.O=C(O)c1ccccc1O. The monoisotopic (exact) mass is 1970 g/mol. The van der Waals surface area contributed by atoms with E-state index >= 15 is 0 Å². The second-order valence-corrected chi connectivity index (χ2v) is 32.8. The lowest BCUT2D eigenvalue weighted by atomic mass is 9.91. The first-order chi connectivity index (χ1) is 64.8. The second kappa shape index (κ2) is 99.4. The molecule has 0 aliphatic heterocycles. The Balaban J connectivity index is -0.000000188. The van der Waals surface area contributed by atoms with Gasteiger partial charge < -0.3 is 92.5 Å². The van der Waals surface area contributed by atoms with Gasteiger partial charge in [-0.3, -0.25) is 63.4 Å². The molecule has 0 aliphatic rings. The van der Waals surface area contributed by atoms with Crippen molar-refractivity contribution in [3.05, 3.63) is 126 Å². The Bertz CT molecular complexity index is 3770. The number of nitrogens with zero attached hydrogens (tertiary/aromatic N) is 2. The number of rotatable bonds is 57. The van der Waals surface area contributed by atoms with Crippen LogP contribution in [0.25, 0.3) is 0 Å². The number of aromatic hydroxyl groups is 4. The van der Waals surface area contributed by atoms with Crippen LogP contribution in [0.2, 0.25) is 0 Å². The fraction of sp³-hybridized carbons (Fsp3) is 0.634. The van der Waals surface area contributed by atoms with Crippen LogP contribution < -0.4 is 5.73 Å². The van der Waals surface area contributed by atoms with E-state index in [9.17, 15) is 92.8 Å². The number of aliphatic carboxylic acids is 9. The lowest BCUT2D eigenvalue weighted by Gasteiger charge is -2.14. The molecule has 4 aromatic carbocycles. The summed E-state index contributed by atoms with van der Waals surface area (Å²) < 4.78 is 0. The minimum Gasteiger partial charge on any atom is -0.508 e. The molecular weight excluding hydrogens is 1800 g/mol. The van der Waals surface area contributed by atoms with Gasteiger partial charge in [0.05, 0.1) is 20.8 Å². The van der Waals surface area contributed by atoms with Crippen LogP contribution in [0.3, 0.4) is 0 Å². The molecule has 0 radical (unpaired) electrons. The van der Waals surface area contributed by atoms with Crippen LogP contribution in [0, 0.1) is 39.5 Å². The fourth-order valence-electron chi connectivity index (χ4n) is 10.8. The minimum absolute atomic E-state index is 0.0279. The number of nitro benzene ring substituents is 2. The number of hydrogen-bond acceptors (Lipinski definition) is 22. The van der Waals surface area contributed by atoms with Gasteiger partial charge in [0.15, 0.2) is 0 Å². The number of aromatic carboxylic acids is 4. The van der Waals surface area contributed by atoms with Crippen LogP contribution in [0.15, 0.2) is 72.8 Å². The van der Waals surface area contributed by atoms with Gasteiger partial charge in [0.2, 0.25) is 11.5 Å². The Morgan fingerprint density at radius 3 is 0.739 bits per heavy atom. The molecule has 0 heterocycles. The predicted molar refractivity (Wildman–Crippen MR) is 531 cm³/mol. The molecule has 0 bridgehead atoms. The van der Waals surface area contributed by atoms with Gasteiger partial charge in [-0.15, -0.1) is 0 Å². The first-order valence-electron chi connectivity index (χ1n) is 48.1. The van der Waals surface area contributed by atoms with E-state index in [0.29, 0.717) is 68.9 Å². The van der Waals surface area contributed by atoms with E-state index in [0.717, 1.165) is 121 Å². The van der Waals surface area contributed by atoms with Crippen LogP contribution >= 0.6 is 0 Å². The summed E-state index contributed by atoms with van der Waals surface area (Å²) in [7, 11) is 0. The van der Waals surface area contributed by atoms with Crippen LogP contribution in [-0.2, 0) is 43.2 Å². The smallest absolute Gasteiger partial charge is 0.339 e. The number of hydrogen-bond donors (Lipinski definition) is 18. The number of unbranched alkanes of at least 4 members (excludes halogenated alkanes) is 32. The molecule has 37 nitrogen and oxygen atoms in total. The minimum atomic E-state index is -1.39. The zero-order valence-corrected chi connectivity index (χ0v) is 84.2. The Hall–Kier alpha value is -12.1. The molecule has 792 valence electrons. The van der Waals surface area contributed by atoms with E-state index in [1.54, 1.807) is 26.0 Å². The van der Waals surface area contributed by atoms with E-state index in [-0.39, 0.29) is 22.6 Å². The Morgan fingerprint density at radius 2 is 0.558 bits per heavy atom. The summed E-state index contributed by atoms with van der Waals surface area (Å²) >= 11 is 0. The zero-order chi connectivity index (χ0) is 108. The van der Waals surface area contributed by atoms with Gasteiger partial charge in [-0.05, 0) is 139 Å². The Morgan fingerprint density at radius 1 is 0.312 bits per heavy atom. The van der Waals surface area contributed by atoms with Crippen LogP contribution in [0.4, 0.5) is 11.4 Å². The summed E-state index contributed by atoms with van der Waals surface area (Å²) in [5.41, 5.74) is 3.32. The number of carboxylic acid groups (broad SMARTS) is 13. The maximum absolute atomic E-state index is 10.6. The van der Waals surface area contributed by atoms with Crippen LogP contribution in [0.5, 0.6) is 23.0 Å². The van der Waals surface area contributed by atoms with Crippen molar-refractivity contribution in [2.75, 3.05) is 0 Å². The van der Waals surface area contributed by atoms with Gasteiger partial charge in [0.25, 0.3) is 0 Å². The number of para-hydroxylation sites is 1. The van der Waals surface area contributed by atoms with Gasteiger partial charge >= 0.3 is 89.0 Å². The molecule has 37 heteroatoms. The van der Waals surface area contributed by atoms with Crippen molar-refractivity contribution < 1.29 is 159 Å². The van der Waals surface area contributed by atoms with E-state index in [1.807, 2.05) is 20.8 Å². The third-order valence-electron chi connectivity index (χ3n) is 19.4. The van der Waals surface area contributed by atoms with Crippen LogP contribution in [0.1, 0.15) is 443 Å². The summed E-state index contributed by atoms with van der Waals surface area (Å²) in [6, 6.07) is 15.2. The maximum atomic E-state index is 10.6. The predicted octanol–water partition coefficient (Wildman–Crippen LogP) is 25.1. The topological polar surface area (TPSA) is 678 Å². The number of benzene rings is 4. The van der Waals surface area contributed by atoms with Gasteiger partial charge in [-0.25, -0.2) is 19.2 Å². The molecular formula is C101H169N3O34. The first kappa shape index (κ1) is 144. The summed E-state index contributed by atoms with van der Waals surface area (Å²) in [5, 5.41) is 165. The molecule has 138 heavy (non-hydrogen) atoms.